The van der Waals surface area contributed by atoms with Crippen molar-refractivity contribution in [3.63, 3.8) is 0 Å². The SMILES string of the molecule is CC(N)C(=O)N1CCC(Oc2ccc(C(F)(F)F)cn2)C1. The predicted molar refractivity (Wildman–Crippen MR) is 68.5 cm³/mol. The molecule has 0 aromatic carbocycles. The van der Waals surface area contributed by atoms with Crippen LogP contribution in [0.2, 0.25) is 0 Å². The molecule has 1 aliphatic rings. The van der Waals surface area contributed by atoms with Crippen LogP contribution in [-0.4, -0.2) is 41.0 Å². The van der Waals surface area contributed by atoms with Crippen molar-refractivity contribution in [1.29, 1.82) is 0 Å². The largest absolute Gasteiger partial charge is 0.472 e. The van der Waals surface area contributed by atoms with Crippen molar-refractivity contribution in [2.45, 2.75) is 31.7 Å². The maximum Gasteiger partial charge on any atom is 0.417 e. The summed E-state index contributed by atoms with van der Waals surface area (Å²) in [5, 5.41) is 0. The van der Waals surface area contributed by atoms with E-state index in [0.29, 0.717) is 19.5 Å². The maximum atomic E-state index is 12.4. The Morgan fingerprint density at radius 1 is 1.52 bits per heavy atom. The van der Waals surface area contributed by atoms with Gasteiger partial charge >= 0.3 is 6.18 Å². The van der Waals surface area contributed by atoms with Gasteiger partial charge in [0.2, 0.25) is 11.8 Å². The van der Waals surface area contributed by atoms with E-state index in [1.54, 1.807) is 11.8 Å². The minimum Gasteiger partial charge on any atom is -0.472 e. The highest BCUT2D eigenvalue weighted by Crippen LogP contribution is 2.29. The molecule has 1 saturated heterocycles. The summed E-state index contributed by atoms with van der Waals surface area (Å²) in [6.45, 7) is 2.49. The second-order valence-corrected chi connectivity index (χ2v) is 4.98. The van der Waals surface area contributed by atoms with Gasteiger partial charge in [0.05, 0.1) is 18.2 Å². The van der Waals surface area contributed by atoms with Crippen molar-refractivity contribution >= 4 is 5.91 Å². The summed E-state index contributed by atoms with van der Waals surface area (Å²) in [5.74, 6) is -0.0513. The van der Waals surface area contributed by atoms with Crippen LogP contribution in [0.15, 0.2) is 18.3 Å². The monoisotopic (exact) mass is 303 g/mol. The third-order valence-electron chi connectivity index (χ3n) is 3.20. The first-order valence-electron chi connectivity index (χ1n) is 6.51. The van der Waals surface area contributed by atoms with Crippen molar-refractivity contribution in [2.24, 2.45) is 5.73 Å². The standard InChI is InChI=1S/C13H16F3N3O2/c1-8(17)12(20)19-5-4-10(7-19)21-11-3-2-9(6-18-11)13(14,15)16/h2-3,6,8,10H,4-5,7,17H2,1H3. The van der Waals surface area contributed by atoms with Crippen LogP contribution < -0.4 is 10.5 Å². The number of rotatable bonds is 3. The lowest BCUT2D eigenvalue weighted by molar-refractivity contribution is -0.138. The van der Waals surface area contributed by atoms with Gasteiger partial charge in [-0.15, -0.1) is 0 Å². The van der Waals surface area contributed by atoms with Crippen LogP contribution in [-0.2, 0) is 11.0 Å². The number of ether oxygens (including phenoxy) is 1. The van der Waals surface area contributed by atoms with Crippen LogP contribution in [0.4, 0.5) is 13.2 Å². The Morgan fingerprint density at radius 3 is 2.76 bits per heavy atom. The molecule has 0 spiro atoms. The normalized spacial score (nSPS) is 20.4. The average Bonchev–Trinajstić information content (AvgIpc) is 2.85. The molecule has 0 radical (unpaired) electrons. The maximum absolute atomic E-state index is 12.4. The molecule has 2 atom stereocenters. The van der Waals surface area contributed by atoms with Crippen LogP contribution in [0.3, 0.4) is 0 Å². The van der Waals surface area contributed by atoms with Gasteiger partial charge in [0, 0.05) is 25.2 Å². The van der Waals surface area contributed by atoms with E-state index in [1.807, 2.05) is 0 Å². The summed E-state index contributed by atoms with van der Waals surface area (Å²) >= 11 is 0. The molecular weight excluding hydrogens is 287 g/mol. The van der Waals surface area contributed by atoms with E-state index in [0.717, 1.165) is 12.3 Å². The number of nitrogens with zero attached hydrogens (tertiary/aromatic N) is 2. The van der Waals surface area contributed by atoms with Gasteiger partial charge in [-0.1, -0.05) is 0 Å². The lowest BCUT2D eigenvalue weighted by Crippen LogP contribution is -2.41. The summed E-state index contributed by atoms with van der Waals surface area (Å²) in [6, 6.07) is 1.52. The van der Waals surface area contributed by atoms with Gasteiger partial charge < -0.3 is 15.4 Å². The van der Waals surface area contributed by atoms with E-state index in [9.17, 15) is 18.0 Å². The zero-order chi connectivity index (χ0) is 15.6. The summed E-state index contributed by atoms with van der Waals surface area (Å²) in [4.78, 5) is 16.9. The van der Waals surface area contributed by atoms with Gasteiger partial charge in [-0.3, -0.25) is 4.79 Å². The molecule has 1 aromatic rings. The molecule has 21 heavy (non-hydrogen) atoms. The Morgan fingerprint density at radius 2 is 2.24 bits per heavy atom. The Hall–Kier alpha value is -1.83. The molecule has 0 saturated carbocycles. The highest BCUT2D eigenvalue weighted by molar-refractivity contribution is 5.81. The Balaban J connectivity index is 1.93. The van der Waals surface area contributed by atoms with E-state index < -0.39 is 17.8 Å². The van der Waals surface area contributed by atoms with Gasteiger partial charge in [-0.2, -0.15) is 13.2 Å². The summed E-state index contributed by atoms with van der Waals surface area (Å²) in [5.41, 5.74) is 4.70. The molecule has 1 aliphatic heterocycles. The number of aromatic nitrogens is 1. The van der Waals surface area contributed by atoms with Crippen LogP contribution in [0, 0.1) is 0 Å². The minimum atomic E-state index is -4.42. The first-order valence-corrected chi connectivity index (χ1v) is 6.51. The molecule has 1 fully saturated rings. The quantitative estimate of drug-likeness (QED) is 0.917. The molecule has 1 amide bonds. The molecule has 2 heterocycles. The van der Waals surface area contributed by atoms with Gasteiger partial charge in [0.25, 0.3) is 0 Å². The molecule has 2 unspecified atom stereocenters. The zero-order valence-corrected chi connectivity index (χ0v) is 11.4. The number of halogens is 3. The Labute approximate surface area is 119 Å². The van der Waals surface area contributed by atoms with Crippen molar-refractivity contribution in [1.82, 2.24) is 9.88 Å². The van der Waals surface area contributed by atoms with E-state index in [2.05, 4.69) is 4.98 Å². The summed E-state index contributed by atoms with van der Waals surface area (Å²) in [7, 11) is 0. The van der Waals surface area contributed by atoms with E-state index in [-0.39, 0.29) is 17.9 Å². The first-order chi connectivity index (χ1) is 9.77. The third-order valence-corrected chi connectivity index (χ3v) is 3.20. The van der Waals surface area contributed by atoms with Crippen molar-refractivity contribution in [2.75, 3.05) is 13.1 Å². The van der Waals surface area contributed by atoms with Gasteiger partial charge in [-0.05, 0) is 13.0 Å². The number of pyridine rings is 1. The van der Waals surface area contributed by atoms with Crippen LogP contribution in [0.5, 0.6) is 5.88 Å². The number of carbonyl (C=O) groups excluding carboxylic acids is 1. The number of likely N-dealkylation sites (tertiary alicyclic amines) is 1. The molecule has 116 valence electrons. The number of amides is 1. The molecular formula is C13H16F3N3O2. The molecule has 2 N–H and O–H groups in total. The highest BCUT2D eigenvalue weighted by Gasteiger charge is 2.32. The van der Waals surface area contributed by atoms with E-state index in [4.69, 9.17) is 10.5 Å². The zero-order valence-electron chi connectivity index (χ0n) is 11.4. The highest BCUT2D eigenvalue weighted by atomic mass is 19.4. The molecule has 0 bridgehead atoms. The fourth-order valence-corrected chi connectivity index (χ4v) is 2.10. The fraction of sp³-hybridized carbons (Fsp3) is 0.538. The number of carbonyl (C=O) groups is 1. The molecule has 1 aromatic heterocycles. The number of alkyl halides is 3. The van der Waals surface area contributed by atoms with Crippen molar-refractivity contribution in [3.05, 3.63) is 23.9 Å². The average molecular weight is 303 g/mol. The van der Waals surface area contributed by atoms with Gasteiger partial charge in [0.15, 0.2) is 0 Å². The molecule has 8 heteroatoms. The predicted octanol–water partition coefficient (Wildman–Crippen LogP) is 1.43. The van der Waals surface area contributed by atoms with Gasteiger partial charge in [0.1, 0.15) is 6.10 Å². The van der Waals surface area contributed by atoms with E-state index >= 15 is 0 Å². The topological polar surface area (TPSA) is 68.5 Å². The summed E-state index contributed by atoms with van der Waals surface area (Å²) in [6.07, 6.45) is -3.37. The van der Waals surface area contributed by atoms with Crippen LogP contribution >= 0.6 is 0 Å². The third kappa shape index (κ3) is 3.84. The second kappa shape index (κ2) is 5.88. The van der Waals surface area contributed by atoms with Crippen molar-refractivity contribution < 1.29 is 22.7 Å². The van der Waals surface area contributed by atoms with Crippen molar-refractivity contribution in [3.8, 4) is 5.88 Å². The number of hydrogen-bond donors (Lipinski definition) is 1. The lowest BCUT2D eigenvalue weighted by atomic mass is 10.3. The Kier molecular flexibility index (Phi) is 4.36. The van der Waals surface area contributed by atoms with Crippen LogP contribution in [0.1, 0.15) is 18.9 Å². The molecule has 5 nitrogen and oxygen atoms in total. The molecule has 2 rings (SSSR count). The number of hydrogen-bond acceptors (Lipinski definition) is 4. The first kappa shape index (κ1) is 15.6. The second-order valence-electron chi connectivity index (χ2n) is 4.98. The number of nitrogens with two attached hydrogens (primary N) is 1. The molecule has 0 aliphatic carbocycles. The van der Waals surface area contributed by atoms with Gasteiger partial charge in [-0.25, -0.2) is 4.98 Å². The van der Waals surface area contributed by atoms with Crippen LogP contribution in [0.25, 0.3) is 0 Å². The smallest absolute Gasteiger partial charge is 0.417 e. The Bertz CT molecular complexity index is 502. The lowest BCUT2D eigenvalue weighted by Gasteiger charge is -2.18. The fourth-order valence-electron chi connectivity index (χ4n) is 2.10. The van der Waals surface area contributed by atoms with E-state index in [1.165, 1.54) is 6.07 Å². The minimum absolute atomic E-state index is 0.114. The summed E-state index contributed by atoms with van der Waals surface area (Å²) < 4.78 is 42.7.